The Hall–Kier alpha value is -0.0400. The maximum absolute atomic E-state index is 5.78. The van der Waals surface area contributed by atoms with Gasteiger partial charge in [-0.1, -0.05) is 20.8 Å². The van der Waals surface area contributed by atoms with E-state index in [2.05, 4.69) is 42.9 Å². The van der Waals surface area contributed by atoms with Crippen LogP contribution in [-0.2, 0) is 4.74 Å². The van der Waals surface area contributed by atoms with Crippen molar-refractivity contribution in [1.29, 1.82) is 0 Å². The van der Waals surface area contributed by atoms with E-state index in [0.717, 1.165) is 44.5 Å². The first-order valence-corrected chi connectivity index (χ1v) is 8.15. The van der Waals surface area contributed by atoms with Gasteiger partial charge in [-0.15, -0.1) is 24.0 Å². The molecule has 0 aromatic carbocycles. The molecule has 0 amide bonds. The van der Waals surface area contributed by atoms with Crippen LogP contribution in [0.4, 0.5) is 0 Å². The average Bonchev–Trinajstić information content (AvgIpc) is 2.43. The summed E-state index contributed by atoms with van der Waals surface area (Å²) in [5, 5.41) is 3.49. The minimum Gasteiger partial charge on any atom is -0.378 e. The highest BCUT2D eigenvalue weighted by Gasteiger charge is 2.19. The number of nitrogens with one attached hydrogen (secondary N) is 1. The third kappa shape index (κ3) is 7.68. The van der Waals surface area contributed by atoms with Gasteiger partial charge in [-0.3, -0.25) is 4.99 Å². The van der Waals surface area contributed by atoms with Gasteiger partial charge in [-0.25, -0.2) is 0 Å². The molecular weight excluding hydrogens is 377 g/mol. The Morgan fingerprint density at radius 1 is 1.33 bits per heavy atom. The van der Waals surface area contributed by atoms with Crippen LogP contribution in [0.1, 0.15) is 47.0 Å². The van der Waals surface area contributed by atoms with Gasteiger partial charge in [0.25, 0.3) is 0 Å². The summed E-state index contributed by atoms with van der Waals surface area (Å²) < 4.78 is 5.78. The van der Waals surface area contributed by atoms with Gasteiger partial charge in [0.15, 0.2) is 5.96 Å². The number of piperidine rings is 1. The number of nitrogens with zero attached hydrogens (tertiary/aromatic N) is 2. The van der Waals surface area contributed by atoms with Crippen LogP contribution in [0.3, 0.4) is 0 Å². The molecule has 1 heterocycles. The largest absolute Gasteiger partial charge is 0.378 e. The van der Waals surface area contributed by atoms with Crippen molar-refractivity contribution in [3.05, 3.63) is 0 Å². The zero-order valence-corrected chi connectivity index (χ0v) is 16.7. The van der Waals surface area contributed by atoms with E-state index < -0.39 is 0 Å². The lowest BCUT2D eigenvalue weighted by atomic mass is 9.99. The van der Waals surface area contributed by atoms with E-state index >= 15 is 0 Å². The van der Waals surface area contributed by atoms with Crippen molar-refractivity contribution in [3.63, 3.8) is 0 Å². The molecule has 0 saturated carbocycles. The fourth-order valence-corrected chi connectivity index (χ4v) is 2.70. The molecule has 0 aromatic heterocycles. The first kappa shape index (κ1) is 21.0. The summed E-state index contributed by atoms with van der Waals surface area (Å²) in [4.78, 5) is 6.80. The predicted molar refractivity (Wildman–Crippen MR) is 102 cm³/mol. The lowest BCUT2D eigenvalue weighted by molar-refractivity contribution is 0.0257. The van der Waals surface area contributed by atoms with Crippen LogP contribution < -0.4 is 5.32 Å². The molecule has 1 aliphatic heterocycles. The number of hydrogen-bond donors (Lipinski definition) is 1. The second kappa shape index (κ2) is 11.5. The Bertz CT molecular complexity index is 289. The maximum Gasteiger partial charge on any atom is 0.193 e. The molecule has 1 fully saturated rings. The molecule has 0 aromatic rings. The number of rotatable bonds is 6. The average molecular weight is 411 g/mol. The van der Waals surface area contributed by atoms with E-state index in [1.54, 1.807) is 0 Å². The number of likely N-dealkylation sites (tertiary alicyclic amines) is 1. The fraction of sp³-hybridized carbons (Fsp3) is 0.938. The predicted octanol–water partition coefficient (Wildman–Crippen LogP) is 3.36. The molecule has 5 heteroatoms. The lowest BCUT2D eigenvalue weighted by Gasteiger charge is -2.33. The molecule has 1 N–H and O–H groups in total. The summed E-state index contributed by atoms with van der Waals surface area (Å²) >= 11 is 0. The summed E-state index contributed by atoms with van der Waals surface area (Å²) in [7, 11) is 1.88. The van der Waals surface area contributed by atoms with Crippen molar-refractivity contribution in [3.8, 4) is 0 Å². The van der Waals surface area contributed by atoms with Crippen molar-refractivity contribution in [2.45, 2.75) is 53.1 Å². The van der Waals surface area contributed by atoms with Crippen LogP contribution in [0.2, 0.25) is 0 Å². The van der Waals surface area contributed by atoms with Gasteiger partial charge < -0.3 is 15.0 Å². The first-order valence-electron chi connectivity index (χ1n) is 8.15. The van der Waals surface area contributed by atoms with Crippen LogP contribution in [0.15, 0.2) is 4.99 Å². The number of hydrogen-bond acceptors (Lipinski definition) is 2. The first-order chi connectivity index (χ1) is 9.58. The molecule has 0 radical (unpaired) electrons. The molecule has 0 spiro atoms. The van der Waals surface area contributed by atoms with Crippen LogP contribution in [-0.4, -0.2) is 50.3 Å². The van der Waals surface area contributed by atoms with E-state index in [-0.39, 0.29) is 24.0 Å². The van der Waals surface area contributed by atoms with E-state index in [1.807, 2.05) is 7.05 Å². The quantitative estimate of drug-likeness (QED) is 0.414. The van der Waals surface area contributed by atoms with E-state index in [1.165, 1.54) is 12.8 Å². The highest BCUT2D eigenvalue weighted by atomic mass is 127. The number of guanidine groups is 1. The van der Waals surface area contributed by atoms with Crippen molar-refractivity contribution >= 4 is 29.9 Å². The SMILES string of the molecule is CCOC(CCNC(=NC)N1CCC(C)CC1)C(C)C.I. The molecule has 21 heavy (non-hydrogen) atoms. The fourth-order valence-electron chi connectivity index (χ4n) is 2.70. The van der Waals surface area contributed by atoms with Gasteiger partial charge in [0.1, 0.15) is 0 Å². The van der Waals surface area contributed by atoms with Gasteiger partial charge >= 0.3 is 0 Å². The summed E-state index contributed by atoms with van der Waals surface area (Å²) in [6, 6.07) is 0. The zero-order chi connectivity index (χ0) is 15.0. The number of halogens is 1. The zero-order valence-electron chi connectivity index (χ0n) is 14.4. The molecule has 4 nitrogen and oxygen atoms in total. The van der Waals surface area contributed by atoms with E-state index in [0.29, 0.717) is 12.0 Å². The normalized spacial score (nSPS) is 18.6. The molecular formula is C16H34IN3O. The second-order valence-electron chi connectivity index (χ2n) is 6.17. The molecule has 1 saturated heterocycles. The van der Waals surface area contributed by atoms with Gasteiger partial charge in [0, 0.05) is 33.3 Å². The van der Waals surface area contributed by atoms with Gasteiger partial charge in [0.2, 0.25) is 0 Å². The molecule has 126 valence electrons. The Morgan fingerprint density at radius 2 is 1.95 bits per heavy atom. The lowest BCUT2D eigenvalue weighted by Crippen LogP contribution is -2.46. The van der Waals surface area contributed by atoms with Crippen molar-refractivity contribution in [1.82, 2.24) is 10.2 Å². The summed E-state index contributed by atoms with van der Waals surface area (Å²) in [6.07, 6.45) is 3.92. The molecule has 0 aliphatic carbocycles. The van der Waals surface area contributed by atoms with Gasteiger partial charge in [-0.2, -0.15) is 0 Å². The van der Waals surface area contributed by atoms with Crippen LogP contribution in [0.25, 0.3) is 0 Å². The van der Waals surface area contributed by atoms with Crippen molar-refractivity contribution in [2.75, 3.05) is 33.3 Å². The highest BCUT2D eigenvalue weighted by Crippen LogP contribution is 2.16. The minimum atomic E-state index is 0. The maximum atomic E-state index is 5.78. The Labute approximate surface area is 148 Å². The Morgan fingerprint density at radius 3 is 2.43 bits per heavy atom. The highest BCUT2D eigenvalue weighted by molar-refractivity contribution is 14.0. The molecule has 1 atom stereocenters. The monoisotopic (exact) mass is 411 g/mol. The summed E-state index contributed by atoms with van der Waals surface area (Å²) in [5.41, 5.74) is 0. The van der Waals surface area contributed by atoms with Gasteiger partial charge in [0.05, 0.1) is 6.10 Å². The van der Waals surface area contributed by atoms with E-state index in [9.17, 15) is 0 Å². The van der Waals surface area contributed by atoms with Crippen LogP contribution >= 0.6 is 24.0 Å². The van der Waals surface area contributed by atoms with Crippen LogP contribution in [0.5, 0.6) is 0 Å². The van der Waals surface area contributed by atoms with Gasteiger partial charge in [-0.05, 0) is 38.0 Å². The standard InChI is InChI=1S/C16H33N3O.HI/c1-6-20-15(13(2)3)7-10-18-16(17-5)19-11-8-14(4)9-12-19;/h13-15H,6-12H2,1-5H3,(H,17,18);1H. The number of ether oxygens (including phenoxy) is 1. The van der Waals surface area contributed by atoms with Crippen LogP contribution in [0, 0.1) is 11.8 Å². The Balaban J connectivity index is 0.00000400. The molecule has 0 bridgehead atoms. The third-order valence-corrected chi connectivity index (χ3v) is 4.13. The summed E-state index contributed by atoms with van der Waals surface area (Å²) in [5.74, 6) is 2.47. The second-order valence-corrected chi connectivity index (χ2v) is 6.17. The summed E-state index contributed by atoms with van der Waals surface area (Å²) in [6.45, 7) is 12.8. The Kier molecular flexibility index (Phi) is 11.5. The van der Waals surface area contributed by atoms with Crippen molar-refractivity contribution in [2.24, 2.45) is 16.8 Å². The van der Waals surface area contributed by atoms with Crippen molar-refractivity contribution < 1.29 is 4.74 Å². The molecule has 1 unspecified atom stereocenters. The molecule has 1 rings (SSSR count). The third-order valence-electron chi connectivity index (χ3n) is 4.13. The number of aliphatic imine (C=N–C) groups is 1. The topological polar surface area (TPSA) is 36.9 Å². The smallest absolute Gasteiger partial charge is 0.193 e. The molecule has 1 aliphatic rings. The minimum absolute atomic E-state index is 0. The van der Waals surface area contributed by atoms with E-state index in [4.69, 9.17) is 4.74 Å².